The zero-order valence-electron chi connectivity index (χ0n) is 10.7. The van der Waals surface area contributed by atoms with Crippen molar-refractivity contribution in [3.05, 3.63) is 23.8 Å². The van der Waals surface area contributed by atoms with Crippen molar-refractivity contribution in [1.29, 1.82) is 0 Å². The summed E-state index contributed by atoms with van der Waals surface area (Å²) < 4.78 is 5.63. The molecule has 1 aromatic rings. The van der Waals surface area contributed by atoms with Crippen LogP contribution < -0.4 is 10.2 Å². The van der Waals surface area contributed by atoms with Crippen LogP contribution in [0.4, 0.5) is 0 Å². The average molecular weight is 237 g/mol. The Bertz CT molecular complexity index is 356. The molecule has 0 spiro atoms. The van der Waals surface area contributed by atoms with Crippen LogP contribution in [0.2, 0.25) is 0 Å². The zero-order chi connectivity index (χ0) is 12.8. The molecule has 0 radical (unpaired) electrons. The third-order valence-electron chi connectivity index (χ3n) is 2.50. The van der Waals surface area contributed by atoms with Gasteiger partial charge in [-0.25, -0.2) is 0 Å². The number of rotatable bonds is 6. The normalized spacial score (nSPS) is 10.7. The van der Waals surface area contributed by atoms with E-state index in [0.717, 1.165) is 24.3 Å². The van der Waals surface area contributed by atoms with E-state index in [-0.39, 0.29) is 0 Å². The summed E-state index contributed by atoms with van der Waals surface area (Å²) >= 11 is 0. The maximum absolute atomic E-state index is 9.02. The molecule has 94 valence electrons. The van der Waals surface area contributed by atoms with Crippen molar-refractivity contribution < 1.29 is 14.8 Å². The Kier molecular flexibility index (Phi) is 5.48. The van der Waals surface area contributed by atoms with Crippen LogP contribution in [-0.4, -0.2) is 49.3 Å². The summed E-state index contributed by atoms with van der Waals surface area (Å²) in [7, 11) is 2.64. The van der Waals surface area contributed by atoms with Crippen molar-refractivity contribution >= 4 is 12.6 Å². The fourth-order valence-electron chi connectivity index (χ4n) is 1.56. The monoisotopic (exact) mass is 237 g/mol. The van der Waals surface area contributed by atoms with E-state index in [4.69, 9.17) is 14.8 Å². The largest absolute Gasteiger partial charge is 0.493 e. The molecule has 0 saturated carbocycles. The van der Waals surface area contributed by atoms with Gasteiger partial charge in [0, 0.05) is 6.54 Å². The summed E-state index contributed by atoms with van der Waals surface area (Å²) in [5.74, 6) is 0.799. The minimum Gasteiger partial charge on any atom is -0.493 e. The van der Waals surface area contributed by atoms with Gasteiger partial charge in [-0.05, 0) is 44.5 Å². The van der Waals surface area contributed by atoms with Crippen LogP contribution >= 0.6 is 0 Å². The van der Waals surface area contributed by atoms with E-state index in [1.54, 1.807) is 18.2 Å². The highest BCUT2D eigenvalue weighted by molar-refractivity contribution is 6.58. The zero-order valence-corrected chi connectivity index (χ0v) is 10.7. The van der Waals surface area contributed by atoms with E-state index in [2.05, 4.69) is 4.90 Å². The van der Waals surface area contributed by atoms with Gasteiger partial charge < -0.3 is 19.7 Å². The van der Waals surface area contributed by atoms with E-state index in [1.807, 2.05) is 21.0 Å². The first-order chi connectivity index (χ1) is 8.00. The molecule has 0 heterocycles. The van der Waals surface area contributed by atoms with Gasteiger partial charge in [-0.2, -0.15) is 0 Å². The SMILES string of the molecule is Cc1cc(B(O)O)ccc1OCCCN(C)C. The smallest absolute Gasteiger partial charge is 0.488 e. The van der Waals surface area contributed by atoms with E-state index in [0.29, 0.717) is 12.1 Å². The molecule has 0 aliphatic rings. The second kappa shape index (κ2) is 6.64. The van der Waals surface area contributed by atoms with Crippen LogP contribution in [0.25, 0.3) is 0 Å². The Balaban J connectivity index is 2.49. The van der Waals surface area contributed by atoms with E-state index >= 15 is 0 Å². The lowest BCUT2D eigenvalue weighted by molar-refractivity contribution is 0.280. The van der Waals surface area contributed by atoms with Crippen LogP contribution in [0.1, 0.15) is 12.0 Å². The van der Waals surface area contributed by atoms with Crippen LogP contribution in [0, 0.1) is 6.92 Å². The van der Waals surface area contributed by atoms with Crippen molar-refractivity contribution in [2.45, 2.75) is 13.3 Å². The van der Waals surface area contributed by atoms with Crippen molar-refractivity contribution in [2.24, 2.45) is 0 Å². The minimum atomic E-state index is -1.42. The highest BCUT2D eigenvalue weighted by atomic mass is 16.5. The maximum atomic E-state index is 9.02. The number of benzene rings is 1. The molecule has 2 N–H and O–H groups in total. The lowest BCUT2D eigenvalue weighted by Gasteiger charge is -2.12. The van der Waals surface area contributed by atoms with Gasteiger partial charge in [-0.3, -0.25) is 0 Å². The molecule has 0 aromatic heterocycles. The third-order valence-corrected chi connectivity index (χ3v) is 2.50. The van der Waals surface area contributed by atoms with Crippen molar-refractivity contribution in [3.63, 3.8) is 0 Å². The van der Waals surface area contributed by atoms with Crippen molar-refractivity contribution in [2.75, 3.05) is 27.2 Å². The van der Waals surface area contributed by atoms with Gasteiger partial charge >= 0.3 is 7.12 Å². The molecule has 0 amide bonds. The van der Waals surface area contributed by atoms with E-state index in [9.17, 15) is 0 Å². The highest BCUT2D eigenvalue weighted by Crippen LogP contribution is 2.15. The summed E-state index contributed by atoms with van der Waals surface area (Å²) in [6, 6.07) is 5.17. The molecule has 0 bridgehead atoms. The Labute approximate surface area is 103 Å². The van der Waals surface area contributed by atoms with Crippen molar-refractivity contribution in [3.8, 4) is 5.75 Å². The number of hydrogen-bond acceptors (Lipinski definition) is 4. The Morgan fingerprint density at radius 2 is 2.00 bits per heavy atom. The topological polar surface area (TPSA) is 52.9 Å². The first-order valence-corrected chi connectivity index (χ1v) is 5.75. The second-order valence-electron chi connectivity index (χ2n) is 4.40. The lowest BCUT2D eigenvalue weighted by Crippen LogP contribution is -2.29. The lowest BCUT2D eigenvalue weighted by atomic mass is 9.79. The molecule has 0 aliphatic heterocycles. The number of hydrogen-bond donors (Lipinski definition) is 2. The predicted molar refractivity (Wildman–Crippen MR) is 69.7 cm³/mol. The fourth-order valence-corrected chi connectivity index (χ4v) is 1.56. The van der Waals surface area contributed by atoms with Crippen LogP contribution in [0.3, 0.4) is 0 Å². The minimum absolute atomic E-state index is 0.489. The summed E-state index contributed by atoms with van der Waals surface area (Å²) in [6.45, 7) is 3.56. The Hall–Kier alpha value is -1.04. The van der Waals surface area contributed by atoms with E-state index < -0.39 is 7.12 Å². The van der Waals surface area contributed by atoms with Gasteiger partial charge in [0.2, 0.25) is 0 Å². The van der Waals surface area contributed by atoms with Crippen LogP contribution in [0.15, 0.2) is 18.2 Å². The molecule has 4 nitrogen and oxygen atoms in total. The number of nitrogens with zero attached hydrogens (tertiary/aromatic N) is 1. The fraction of sp³-hybridized carbons (Fsp3) is 0.500. The molecular weight excluding hydrogens is 217 g/mol. The molecule has 1 aromatic carbocycles. The van der Waals surface area contributed by atoms with Crippen LogP contribution in [0.5, 0.6) is 5.75 Å². The Morgan fingerprint density at radius 1 is 1.29 bits per heavy atom. The third kappa shape index (κ3) is 4.77. The molecule has 17 heavy (non-hydrogen) atoms. The highest BCUT2D eigenvalue weighted by Gasteiger charge is 2.12. The number of aryl methyl sites for hydroxylation is 1. The quantitative estimate of drug-likeness (QED) is 0.540. The van der Waals surface area contributed by atoms with Crippen molar-refractivity contribution in [1.82, 2.24) is 4.90 Å². The molecule has 0 atom stereocenters. The standard InChI is InChI=1S/C12H20BNO3/c1-10-9-11(13(15)16)5-6-12(10)17-8-4-7-14(2)3/h5-6,9,15-16H,4,7-8H2,1-3H3. The predicted octanol–water partition coefficient (Wildman–Crippen LogP) is 0.00532. The van der Waals surface area contributed by atoms with Gasteiger partial charge in [0.05, 0.1) is 6.61 Å². The van der Waals surface area contributed by atoms with Gasteiger partial charge in [-0.1, -0.05) is 12.1 Å². The molecule has 0 saturated heterocycles. The van der Waals surface area contributed by atoms with Gasteiger partial charge in [-0.15, -0.1) is 0 Å². The average Bonchev–Trinajstić information content (AvgIpc) is 2.25. The second-order valence-corrected chi connectivity index (χ2v) is 4.40. The maximum Gasteiger partial charge on any atom is 0.488 e. The first-order valence-electron chi connectivity index (χ1n) is 5.75. The molecule has 0 fully saturated rings. The molecule has 0 aliphatic carbocycles. The van der Waals surface area contributed by atoms with Gasteiger partial charge in [0.15, 0.2) is 0 Å². The Morgan fingerprint density at radius 3 is 2.53 bits per heavy atom. The molecule has 1 rings (SSSR count). The van der Waals surface area contributed by atoms with Crippen LogP contribution in [-0.2, 0) is 0 Å². The summed E-state index contributed by atoms with van der Waals surface area (Å²) in [4.78, 5) is 2.11. The van der Waals surface area contributed by atoms with Gasteiger partial charge in [0.1, 0.15) is 5.75 Å². The summed E-state index contributed by atoms with van der Waals surface area (Å²) in [6.07, 6.45) is 0.969. The number of ether oxygens (including phenoxy) is 1. The van der Waals surface area contributed by atoms with E-state index in [1.165, 1.54) is 0 Å². The molecule has 0 unspecified atom stereocenters. The first kappa shape index (κ1) is 14.0. The summed E-state index contributed by atoms with van der Waals surface area (Å²) in [5, 5.41) is 18.0. The summed E-state index contributed by atoms with van der Waals surface area (Å²) in [5.41, 5.74) is 1.41. The molecule has 5 heteroatoms. The van der Waals surface area contributed by atoms with Gasteiger partial charge in [0.25, 0.3) is 0 Å². The molecular formula is C12H20BNO3.